The van der Waals surface area contributed by atoms with Crippen LogP contribution in [0.25, 0.3) is 0 Å². The van der Waals surface area contributed by atoms with Crippen molar-refractivity contribution in [2.45, 2.75) is 6.92 Å². The molecule has 0 heterocycles. The minimum Gasteiger partial charge on any atom is -0.409 e. The molecule has 0 aliphatic heterocycles. The molecule has 0 aromatic carbocycles. The number of rotatable bonds is 6. The highest BCUT2D eigenvalue weighted by Crippen LogP contribution is 2.02. The lowest BCUT2D eigenvalue weighted by molar-refractivity contribution is -0.134. The summed E-state index contributed by atoms with van der Waals surface area (Å²) >= 11 is 0. The van der Waals surface area contributed by atoms with E-state index in [9.17, 15) is 4.79 Å². The van der Waals surface area contributed by atoms with Gasteiger partial charge in [0.1, 0.15) is 0 Å². The second-order valence-electron chi connectivity index (χ2n) is 3.02. The number of aliphatic hydroxyl groups excluding tert-OH is 2. The molecule has 7 nitrogen and oxygen atoms in total. The molecule has 0 bridgehead atoms. The topological polar surface area (TPSA) is 119 Å². The third-order valence-electron chi connectivity index (χ3n) is 1.98. The van der Waals surface area contributed by atoms with Crippen LogP contribution in [0.4, 0.5) is 0 Å². The number of amides is 1. The minimum absolute atomic E-state index is 0.114. The number of carbonyl (C=O) groups excluding carboxylic acids is 1. The van der Waals surface area contributed by atoms with Gasteiger partial charge in [-0.15, -0.1) is 0 Å². The van der Waals surface area contributed by atoms with Crippen molar-refractivity contribution in [3.63, 3.8) is 0 Å². The van der Waals surface area contributed by atoms with Crippen LogP contribution in [-0.2, 0) is 4.79 Å². The molecule has 1 unspecified atom stereocenters. The van der Waals surface area contributed by atoms with E-state index in [0.717, 1.165) is 0 Å². The summed E-state index contributed by atoms with van der Waals surface area (Å²) in [5, 5.41) is 28.5. The zero-order valence-electron chi connectivity index (χ0n) is 8.63. The molecular formula is C8H17N3O4. The molecule has 5 N–H and O–H groups in total. The molecular weight excluding hydrogens is 202 g/mol. The van der Waals surface area contributed by atoms with E-state index in [0.29, 0.717) is 0 Å². The summed E-state index contributed by atoms with van der Waals surface area (Å²) in [6, 6.07) is 0. The van der Waals surface area contributed by atoms with E-state index < -0.39 is 11.8 Å². The van der Waals surface area contributed by atoms with Gasteiger partial charge < -0.3 is 26.1 Å². The number of aliphatic hydroxyl groups is 2. The van der Waals surface area contributed by atoms with Crippen molar-refractivity contribution in [3.05, 3.63) is 0 Å². The Bertz CT molecular complexity index is 226. The van der Waals surface area contributed by atoms with Crippen LogP contribution in [0.2, 0.25) is 0 Å². The average Bonchev–Trinajstić information content (AvgIpc) is 2.25. The van der Waals surface area contributed by atoms with E-state index in [1.54, 1.807) is 0 Å². The van der Waals surface area contributed by atoms with Crippen LogP contribution in [-0.4, -0.2) is 58.4 Å². The monoisotopic (exact) mass is 219 g/mol. The number of hydrogen-bond donors (Lipinski definition) is 4. The number of carbonyl (C=O) groups is 1. The van der Waals surface area contributed by atoms with Crippen LogP contribution in [0, 0.1) is 5.92 Å². The molecule has 15 heavy (non-hydrogen) atoms. The summed E-state index contributed by atoms with van der Waals surface area (Å²) in [5.41, 5.74) is 5.28. The molecule has 0 aromatic heterocycles. The van der Waals surface area contributed by atoms with Gasteiger partial charge in [0, 0.05) is 13.1 Å². The number of hydrogen-bond acceptors (Lipinski definition) is 5. The predicted molar refractivity (Wildman–Crippen MR) is 53.3 cm³/mol. The molecule has 0 fully saturated rings. The van der Waals surface area contributed by atoms with Gasteiger partial charge in [-0.05, 0) is 6.92 Å². The van der Waals surface area contributed by atoms with E-state index in [-0.39, 0.29) is 32.1 Å². The standard InChI is InChI=1S/C8H17N3O4/c1-6(7(9)10-15)8(14)11(2-4-12)3-5-13/h6,12-13,15H,2-5H2,1H3,(H2,9,10). The summed E-state index contributed by atoms with van der Waals surface area (Å²) in [6.45, 7) is 1.31. The molecule has 0 saturated heterocycles. The number of nitrogens with two attached hydrogens (primary N) is 1. The lowest BCUT2D eigenvalue weighted by Gasteiger charge is -2.23. The average molecular weight is 219 g/mol. The molecule has 0 radical (unpaired) electrons. The van der Waals surface area contributed by atoms with Gasteiger partial charge in [0.15, 0.2) is 5.84 Å². The van der Waals surface area contributed by atoms with Crippen LogP contribution >= 0.6 is 0 Å². The van der Waals surface area contributed by atoms with Crippen LogP contribution in [0.15, 0.2) is 5.16 Å². The predicted octanol–water partition coefficient (Wildman–Crippen LogP) is -1.82. The van der Waals surface area contributed by atoms with E-state index >= 15 is 0 Å². The lowest BCUT2D eigenvalue weighted by atomic mass is 10.1. The summed E-state index contributed by atoms with van der Waals surface area (Å²) in [5.74, 6) is -1.36. The first kappa shape index (κ1) is 13.7. The van der Waals surface area contributed by atoms with Crippen molar-refractivity contribution < 1.29 is 20.2 Å². The second kappa shape index (κ2) is 7.02. The van der Waals surface area contributed by atoms with Gasteiger partial charge in [0.2, 0.25) is 5.91 Å². The Labute approximate surface area is 87.8 Å². The first-order valence-corrected chi connectivity index (χ1v) is 4.56. The van der Waals surface area contributed by atoms with Gasteiger partial charge in [-0.3, -0.25) is 4.79 Å². The van der Waals surface area contributed by atoms with Gasteiger partial charge in [0.25, 0.3) is 0 Å². The third-order valence-corrected chi connectivity index (χ3v) is 1.98. The molecule has 0 aliphatic rings. The van der Waals surface area contributed by atoms with Gasteiger partial charge in [-0.25, -0.2) is 0 Å². The van der Waals surface area contributed by atoms with Crippen molar-refractivity contribution in [1.82, 2.24) is 4.90 Å². The van der Waals surface area contributed by atoms with E-state index in [1.165, 1.54) is 11.8 Å². The molecule has 1 atom stereocenters. The maximum absolute atomic E-state index is 11.7. The molecule has 88 valence electrons. The Balaban J connectivity index is 4.47. The molecule has 0 rings (SSSR count). The maximum atomic E-state index is 11.7. The second-order valence-corrected chi connectivity index (χ2v) is 3.02. The van der Waals surface area contributed by atoms with Gasteiger partial charge in [-0.2, -0.15) is 0 Å². The Morgan fingerprint density at radius 1 is 1.40 bits per heavy atom. The summed E-state index contributed by atoms with van der Waals surface area (Å²) < 4.78 is 0. The molecule has 0 aliphatic carbocycles. The van der Waals surface area contributed by atoms with Crippen molar-refractivity contribution in [2.75, 3.05) is 26.3 Å². The van der Waals surface area contributed by atoms with E-state index in [4.69, 9.17) is 21.2 Å². The fraction of sp³-hybridized carbons (Fsp3) is 0.750. The number of oxime groups is 1. The maximum Gasteiger partial charge on any atom is 0.233 e. The van der Waals surface area contributed by atoms with Crippen molar-refractivity contribution in [1.29, 1.82) is 0 Å². The lowest BCUT2D eigenvalue weighted by Crippen LogP contribution is -2.43. The first-order chi connectivity index (χ1) is 7.08. The van der Waals surface area contributed by atoms with Crippen molar-refractivity contribution >= 4 is 11.7 Å². The Kier molecular flexibility index (Phi) is 6.39. The van der Waals surface area contributed by atoms with Crippen LogP contribution in [0.1, 0.15) is 6.92 Å². The molecule has 1 amide bonds. The molecule has 0 spiro atoms. The third kappa shape index (κ3) is 4.13. The molecule has 0 aromatic rings. The quantitative estimate of drug-likeness (QED) is 0.181. The van der Waals surface area contributed by atoms with Crippen molar-refractivity contribution in [2.24, 2.45) is 16.8 Å². The smallest absolute Gasteiger partial charge is 0.233 e. The minimum atomic E-state index is -0.770. The molecule has 7 heteroatoms. The van der Waals surface area contributed by atoms with E-state index in [1.807, 2.05) is 0 Å². The Hall–Kier alpha value is -1.34. The summed E-state index contributed by atoms with van der Waals surface area (Å²) in [4.78, 5) is 12.9. The number of nitrogens with zero attached hydrogens (tertiary/aromatic N) is 2. The zero-order valence-corrected chi connectivity index (χ0v) is 8.63. The first-order valence-electron chi connectivity index (χ1n) is 4.56. The highest BCUT2D eigenvalue weighted by atomic mass is 16.4. The highest BCUT2D eigenvalue weighted by Gasteiger charge is 2.23. The van der Waals surface area contributed by atoms with Gasteiger partial charge in [-0.1, -0.05) is 5.16 Å². The van der Waals surface area contributed by atoms with Gasteiger partial charge in [0.05, 0.1) is 19.1 Å². The fourth-order valence-electron chi connectivity index (χ4n) is 1.06. The van der Waals surface area contributed by atoms with Gasteiger partial charge >= 0.3 is 0 Å². The SMILES string of the molecule is CC(C(=O)N(CCO)CCO)C(N)=NO. The van der Waals surface area contributed by atoms with Crippen LogP contribution in [0.5, 0.6) is 0 Å². The zero-order chi connectivity index (χ0) is 11.8. The normalized spacial score (nSPS) is 13.7. The Morgan fingerprint density at radius 2 is 1.87 bits per heavy atom. The highest BCUT2D eigenvalue weighted by molar-refractivity contribution is 6.01. The number of amidine groups is 1. The van der Waals surface area contributed by atoms with Crippen LogP contribution < -0.4 is 5.73 Å². The van der Waals surface area contributed by atoms with Crippen LogP contribution in [0.3, 0.4) is 0 Å². The van der Waals surface area contributed by atoms with Crippen molar-refractivity contribution in [3.8, 4) is 0 Å². The summed E-state index contributed by atoms with van der Waals surface area (Å²) in [6.07, 6.45) is 0. The fourth-order valence-corrected chi connectivity index (χ4v) is 1.06. The molecule has 0 saturated carbocycles. The largest absolute Gasteiger partial charge is 0.409 e. The Morgan fingerprint density at radius 3 is 2.20 bits per heavy atom. The summed E-state index contributed by atoms with van der Waals surface area (Å²) in [7, 11) is 0. The van der Waals surface area contributed by atoms with E-state index in [2.05, 4.69) is 5.16 Å².